The van der Waals surface area contributed by atoms with Crippen molar-refractivity contribution in [3.05, 3.63) is 24.5 Å². The average molecular weight is 217 g/mol. The maximum Gasteiger partial charge on any atom is 0.0427 e. The van der Waals surface area contributed by atoms with Crippen LogP contribution in [0.1, 0.15) is 25.7 Å². The minimum atomic E-state index is 0.437. The zero-order valence-corrected chi connectivity index (χ0v) is 9.65. The number of anilines is 1. The van der Waals surface area contributed by atoms with Crippen molar-refractivity contribution in [3.63, 3.8) is 0 Å². The summed E-state index contributed by atoms with van der Waals surface area (Å²) in [5, 5.41) is 3.47. The van der Waals surface area contributed by atoms with Gasteiger partial charge >= 0.3 is 0 Å². The van der Waals surface area contributed by atoms with Gasteiger partial charge in [0.05, 0.1) is 0 Å². The molecule has 0 atom stereocenters. The third-order valence-electron chi connectivity index (χ3n) is 4.11. The van der Waals surface area contributed by atoms with Gasteiger partial charge in [-0.15, -0.1) is 0 Å². The first-order chi connectivity index (χ1) is 7.91. The first-order valence-electron chi connectivity index (χ1n) is 6.29. The van der Waals surface area contributed by atoms with Gasteiger partial charge in [-0.2, -0.15) is 0 Å². The number of aromatic nitrogens is 1. The van der Waals surface area contributed by atoms with Gasteiger partial charge in [0.2, 0.25) is 0 Å². The van der Waals surface area contributed by atoms with E-state index < -0.39 is 0 Å². The van der Waals surface area contributed by atoms with E-state index >= 15 is 0 Å². The van der Waals surface area contributed by atoms with E-state index in [0.29, 0.717) is 5.54 Å². The molecule has 1 N–H and O–H groups in total. The molecule has 0 bridgehead atoms. The first-order valence-corrected chi connectivity index (χ1v) is 6.29. The van der Waals surface area contributed by atoms with E-state index in [1.807, 2.05) is 12.4 Å². The number of nitrogens with one attached hydrogen (secondary N) is 1. The third-order valence-corrected chi connectivity index (χ3v) is 4.11. The monoisotopic (exact) mass is 217 g/mol. The Labute approximate surface area is 96.9 Å². The molecule has 0 aliphatic carbocycles. The molecule has 2 saturated heterocycles. The second-order valence-corrected chi connectivity index (χ2v) is 4.93. The molecule has 0 unspecified atom stereocenters. The van der Waals surface area contributed by atoms with Gasteiger partial charge in [-0.25, -0.2) is 0 Å². The van der Waals surface area contributed by atoms with Crippen LogP contribution in [-0.2, 0) is 0 Å². The van der Waals surface area contributed by atoms with Gasteiger partial charge in [-0.05, 0) is 50.9 Å². The smallest absolute Gasteiger partial charge is 0.0427 e. The highest BCUT2D eigenvalue weighted by Crippen LogP contribution is 2.39. The Bertz CT molecular complexity index is 343. The average Bonchev–Trinajstić information content (AvgIpc) is 2.75. The predicted molar refractivity (Wildman–Crippen MR) is 65.7 cm³/mol. The first kappa shape index (κ1) is 10.1. The van der Waals surface area contributed by atoms with Crippen LogP contribution < -0.4 is 10.2 Å². The van der Waals surface area contributed by atoms with Gasteiger partial charge in [0.25, 0.3) is 0 Å². The normalized spacial score (nSPS) is 23.9. The largest absolute Gasteiger partial charge is 0.366 e. The Morgan fingerprint density at radius 1 is 1.12 bits per heavy atom. The molecule has 3 heteroatoms. The molecule has 0 aromatic carbocycles. The minimum Gasteiger partial charge on any atom is -0.366 e. The lowest BCUT2D eigenvalue weighted by molar-refractivity contribution is 0.311. The molecule has 2 fully saturated rings. The molecule has 1 aromatic heterocycles. The molecule has 2 aliphatic rings. The lowest BCUT2D eigenvalue weighted by atomic mass is 9.85. The van der Waals surface area contributed by atoms with E-state index in [2.05, 4.69) is 27.3 Å². The van der Waals surface area contributed by atoms with Gasteiger partial charge in [-0.3, -0.25) is 4.98 Å². The predicted octanol–water partition coefficient (Wildman–Crippen LogP) is 1.80. The van der Waals surface area contributed by atoms with E-state index in [1.165, 1.54) is 51.0 Å². The summed E-state index contributed by atoms with van der Waals surface area (Å²) >= 11 is 0. The number of nitrogens with zero attached hydrogens (tertiary/aromatic N) is 2. The van der Waals surface area contributed by atoms with E-state index in [-0.39, 0.29) is 0 Å². The van der Waals surface area contributed by atoms with Crippen molar-refractivity contribution >= 4 is 5.69 Å². The fraction of sp³-hybridized carbons (Fsp3) is 0.615. The topological polar surface area (TPSA) is 28.2 Å². The van der Waals surface area contributed by atoms with Crippen molar-refractivity contribution in [1.29, 1.82) is 0 Å². The summed E-state index contributed by atoms with van der Waals surface area (Å²) in [6.07, 6.45) is 9.08. The molecule has 2 aliphatic heterocycles. The highest BCUT2D eigenvalue weighted by Gasteiger charge is 2.41. The van der Waals surface area contributed by atoms with Crippen LogP contribution in [0.2, 0.25) is 0 Å². The summed E-state index contributed by atoms with van der Waals surface area (Å²) in [5.74, 6) is 0. The fourth-order valence-electron chi connectivity index (χ4n) is 3.28. The lowest BCUT2D eigenvalue weighted by Crippen LogP contribution is -2.51. The lowest BCUT2D eigenvalue weighted by Gasteiger charge is -2.43. The van der Waals surface area contributed by atoms with Crippen LogP contribution in [0.3, 0.4) is 0 Å². The fourth-order valence-corrected chi connectivity index (χ4v) is 3.28. The van der Waals surface area contributed by atoms with Crippen LogP contribution in [0.4, 0.5) is 5.69 Å². The molecular weight excluding hydrogens is 198 g/mol. The highest BCUT2D eigenvalue weighted by atomic mass is 15.2. The number of rotatable bonds is 1. The van der Waals surface area contributed by atoms with Crippen molar-refractivity contribution in [3.8, 4) is 0 Å². The van der Waals surface area contributed by atoms with Crippen LogP contribution in [0.15, 0.2) is 24.5 Å². The second-order valence-electron chi connectivity index (χ2n) is 4.93. The van der Waals surface area contributed by atoms with E-state index in [0.717, 1.165) is 0 Å². The summed E-state index contributed by atoms with van der Waals surface area (Å²) in [4.78, 5) is 6.73. The zero-order chi connectivity index (χ0) is 10.8. The number of piperidine rings is 1. The molecule has 16 heavy (non-hydrogen) atoms. The molecule has 3 rings (SSSR count). The minimum absolute atomic E-state index is 0.437. The molecule has 86 valence electrons. The Kier molecular flexibility index (Phi) is 2.56. The van der Waals surface area contributed by atoms with Crippen molar-refractivity contribution in [2.75, 3.05) is 24.5 Å². The van der Waals surface area contributed by atoms with E-state index in [4.69, 9.17) is 0 Å². The highest BCUT2D eigenvalue weighted by molar-refractivity contribution is 5.49. The van der Waals surface area contributed by atoms with Crippen molar-refractivity contribution in [2.24, 2.45) is 0 Å². The molecule has 0 amide bonds. The quantitative estimate of drug-likeness (QED) is 0.777. The Balaban J connectivity index is 1.89. The maximum absolute atomic E-state index is 4.11. The number of hydrogen-bond donors (Lipinski definition) is 1. The molecule has 3 nitrogen and oxygen atoms in total. The molecule has 0 saturated carbocycles. The van der Waals surface area contributed by atoms with Crippen LogP contribution in [0.5, 0.6) is 0 Å². The van der Waals surface area contributed by atoms with Gasteiger partial charge in [-0.1, -0.05) is 0 Å². The van der Waals surface area contributed by atoms with E-state index in [9.17, 15) is 0 Å². The third kappa shape index (κ3) is 1.59. The summed E-state index contributed by atoms with van der Waals surface area (Å²) in [7, 11) is 0. The van der Waals surface area contributed by atoms with Crippen LogP contribution >= 0.6 is 0 Å². The SMILES string of the molecule is c1cc(N2CCCC23CCNCC3)ccn1. The molecule has 1 aromatic rings. The summed E-state index contributed by atoms with van der Waals surface area (Å²) in [6, 6.07) is 4.30. The van der Waals surface area contributed by atoms with Gasteiger partial charge in [0, 0.05) is 30.2 Å². The Morgan fingerprint density at radius 3 is 2.62 bits per heavy atom. The molecule has 3 heterocycles. The van der Waals surface area contributed by atoms with Gasteiger partial charge in [0.15, 0.2) is 0 Å². The maximum atomic E-state index is 4.11. The van der Waals surface area contributed by atoms with Gasteiger partial charge in [0.1, 0.15) is 0 Å². The summed E-state index contributed by atoms with van der Waals surface area (Å²) in [6.45, 7) is 3.55. The van der Waals surface area contributed by atoms with E-state index in [1.54, 1.807) is 0 Å². The Hall–Kier alpha value is -1.09. The Morgan fingerprint density at radius 2 is 1.88 bits per heavy atom. The number of hydrogen-bond acceptors (Lipinski definition) is 3. The van der Waals surface area contributed by atoms with Crippen LogP contribution in [0.25, 0.3) is 0 Å². The molecule has 0 radical (unpaired) electrons. The molecule has 1 spiro atoms. The standard InChI is InChI=1S/C13H19N3/c1-4-13(5-9-15-10-6-13)16(11-1)12-2-7-14-8-3-12/h2-3,7-8,15H,1,4-6,9-11H2. The van der Waals surface area contributed by atoms with Crippen molar-refractivity contribution in [1.82, 2.24) is 10.3 Å². The number of pyridine rings is 1. The molecular formula is C13H19N3. The summed E-state index contributed by atoms with van der Waals surface area (Å²) < 4.78 is 0. The van der Waals surface area contributed by atoms with Crippen molar-refractivity contribution < 1.29 is 0 Å². The van der Waals surface area contributed by atoms with Crippen LogP contribution in [-0.4, -0.2) is 30.2 Å². The van der Waals surface area contributed by atoms with Gasteiger partial charge < -0.3 is 10.2 Å². The van der Waals surface area contributed by atoms with Crippen LogP contribution in [0, 0.1) is 0 Å². The summed E-state index contributed by atoms with van der Waals surface area (Å²) in [5.41, 5.74) is 1.79. The second kappa shape index (κ2) is 4.06. The zero-order valence-electron chi connectivity index (χ0n) is 9.65. The van der Waals surface area contributed by atoms with Crippen molar-refractivity contribution in [2.45, 2.75) is 31.2 Å².